The number of carboxylic acid groups (broad SMARTS) is 1. The van der Waals surface area contributed by atoms with Crippen molar-refractivity contribution < 1.29 is 9.90 Å². The monoisotopic (exact) mass is 132 g/mol. The molecule has 54 valence electrons. The van der Waals surface area contributed by atoms with Crippen LogP contribution in [0.3, 0.4) is 0 Å². The average Bonchev–Trinajstić information content (AvgIpc) is 1.82. The van der Waals surface area contributed by atoms with Crippen molar-refractivity contribution in [3.63, 3.8) is 0 Å². The van der Waals surface area contributed by atoms with Crippen LogP contribution < -0.4 is 5.43 Å². The van der Waals surface area contributed by atoms with E-state index in [9.17, 15) is 4.79 Å². The predicted molar refractivity (Wildman–Crippen MR) is 34.1 cm³/mol. The summed E-state index contributed by atoms with van der Waals surface area (Å²) >= 11 is 0. The molecule has 0 unspecified atom stereocenters. The van der Waals surface area contributed by atoms with Crippen LogP contribution in [0.1, 0.15) is 13.8 Å². The molecule has 0 aromatic heterocycles. The second kappa shape index (κ2) is 4.14. The van der Waals surface area contributed by atoms with Crippen LogP contribution in [0.4, 0.5) is 4.79 Å². The zero-order chi connectivity index (χ0) is 7.28. The topological polar surface area (TPSA) is 52.6 Å². The fraction of sp³-hybridized carbons (Fsp3) is 0.800. The van der Waals surface area contributed by atoms with Crippen LogP contribution >= 0.6 is 0 Å². The van der Waals surface area contributed by atoms with Gasteiger partial charge < -0.3 is 5.11 Å². The molecule has 0 saturated heterocycles. The van der Waals surface area contributed by atoms with Crippen LogP contribution in [-0.2, 0) is 0 Å². The van der Waals surface area contributed by atoms with Crippen molar-refractivity contribution in [3.05, 3.63) is 0 Å². The van der Waals surface area contributed by atoms with Gasteiger partial charge in [0.15, 0.2) is 0 Å². The maximum atomic E-state index is 10.2. The van der Waals surface area contributed by atoms with Gasteiger partial charge in [0, 0.05) is 13.1 Å². The molecule has 0 aromatic carbocycles. The fourth-order valence-corrected chi connectivity index (χ4v) is 0.506. The van der Waals surface area contributed by atoms with Crippen molar-refractivity contribution >= 4 is 6.09 Å². The van der Waals surface area contributed by atoms with Crippen LogP contribution in [0, 0.1) is 0 Å². The number of amides is 1. The Bertz CT molecular complexity index is 95.0. The molecule has 0 spiro atoms. The van der Waals surface area contributed by atoms with Gasteiger partial charge in [-0.25, -0.2) is 15.2 Å². The number of hydrazine groups is 1. The summed E-state index contributed by atoms with van der Waals surface area (Å²) in [6.45, 7) is 4.74. The van der Waals surface area contributed by atoms with Crippen LogP contribution in [0.25, 0.3) is 0 Å². The first-order valence-electron chi connectivity index (χ1n) is 2.96. The molecule has 4 nitrogen and oxygen atoms in total. The first-order valence-corrected chi connectivity index (χ1v) is 2.96. The number of nitrogens with one attached hydrogen (secondary N) is 1. The fourth-order valence-electron chi connectivity index (χ4n) is 0.506. The summed E-state index contributed by atoms with van der Waals surface area (Å²) in [6, 6.07) is 0. The molecule has 1 amide bonds. The van der Waals surface area contributed by atoms with Gasteiger partial charge in [0.25, 0.3) is 0 Å². The standard InChI is InChI=1S/C5H12N2O2/c1-3-6-7(4-2)5(8)9/h6H,3-4H2,1-2H3,(H,8,9). The maximum absolute atomic E-state index is 10.2. The summed E-state index contributed by atoms with van der Waals surface area (Å²) in [5, 5.41) is 9.51. The third-order valence-electron chi connectivity index (χ3n) is 0.896. The summed E-state index contributed by atoms with van der Waals surface area (Å²) in [7, 11) is 0. The first kappa shape index (κ1) is 8.23. The Hall–Kier alpha value is -0.770. The lowest BCUT2D eigenvalue weighted by atomic mass is 10.7. The summed E-state index contributed by atoms with van der Waals surface area (Å²) < 4.78 is 0. The largest absolute Gasteiger partial charge is 0.464 e. The highest BCUT2D eigenvalue weighted by molar-refractivity contribution is 5.64. The van der Waals surface area contributed by atoms with Gasteiger partial charge in [0.1, 0.15) is 0 Å². The van der Waals surface area contributed by atoms with Crippen LogP contribution in [0.15, 0.2) is 0 Å². The second-order valence-electron chi connectivity index (χ2n) is 1.54. The minimum absolute atomic E-state index is 0.475. The van der Waals surface area contributed by atoms with Gasteiger partial charge in [0.05, 0.1) is 0 Å². The molecule has 9 heavy (non-hydrogen) atoms. The van der Waals surface area contributed by atoms with Crippen LogP contribution in [-0.4, -0.2) is 29.3 Å². The molecule has 0 aromatic rings. The molecule has 0 radical (unpaired) electrons. The van der Waals surface area contributed by atoms with Gasteiger partial charge in [-0.1, -0.05) is 6.92 Å². The van der Waals surface area contributed by atoms with Gasteiger partial charge in [-0.15, -0.1) is 0 Å². The molecule has 0 rings (SSSR count). The Morgan fingerprint density at radius 1 is 1.67 bits per heavy atom. The van der Waals surface area contributed by atoms with E-state index in [0.717, 1.165) is 5.01 Å². The average molecular weight is 132 g/mol. The van der Waals surface area contributed by atoms with Crippen molar-refractivity contribution in [2.45, 2.75) is 13.8 Å². The summed E-state index contributed by atoms with van der Waals surface area (Å²) in [6.07, 6.45) is -0.931. The van der Waals surface area contributed by atoms with Crippen molar-refractivity contribution in [2.75, 3.05) is 13.1 Å². The molecular formula is C5H12N2O2. The minimum atomic E-state index is -0.931. The normalized spacial score (nSPS) is 9.11. The molecule has 0 atom stereocenters. The third-order valence-corrected chi connectivity index (χ3v) is 0.896. The molecule has 2 N–H and O–H groups in total. The zero-order valence-electron chi connectivity index (χ0n) is 5.72. The third kappa shape index (κ3) is 2.92. The van der Waals surface area contributed by atoms with Crippen LogP contribution in [0.2, 0.25) is 0 Å². The lowest BCUT2D eigenvalue weighted by Crippen LogP contribution is -2.41. The molecule has 0 aliphatic heterocycles. The van der Waals surface area contributed by atoms with E-state index >= 15 is 0 Å². The molecule has 0 bridgehead atoms. The van der Waals surface area contributed by atoms with Crippen molar-refractivity contribution in [2.24, 2.45) is 0 Å². The van der Waals surface area contributed by atoms with E-state index in [1.54, 1.807) is 6.92 Å². The Morgan fingerprint density at radius 2 is 2.22 bits per heavy atom. The molecule has 0 heterocycles. The Balaban J connectivity index is 3.54. The highest BCUT2D eigenvalue weighted by Crippen LogP contribution is 1.80. The van der Waals surface area contributed by atoms with Crippen molar-refractivity contribution in [1.29, 1.82) is 0 Å². The first-order chi connectivity index (χ1) is 4.22. The van der Waals surface area contributed by atoms with E-state index < -0.39 is 6.09 Å². The molecule has 0 saturated carbocycles. The second-order valence-corrected chi connectivity index (χ2v) is 1.54. The highest BCUT2D eigenvalue weighted by Gasteiger charge is 2.04. The number of rotatable bonds is 3. The molecule has 0 fully saturated rings. The van der Waals surface area contributed by atoms with E-state index in [2.05, 4.69) is 5.43 Å². The lowest BCUT2D eigenvalue weighted by Gasteiger charge is -2.15. The molecule has 0 aliphatic rings. The van der Waals surface area contributed by atoms with E-state index in [4.69, 9.17) is 5.11 Å². The molecule has 0 aliphatic carbocycles. The van der Waals surface area contributed by atoms with Crippen LogP contribution in [0.5, 0.6) is 0 Å². The van der Waals surface area contributed by atoms with Gasteiger partial charge in [-0.05, 0) is 6.92 Å². The highest BCUT2D eigenvalue weighted by atomic mass is 16.4. The minimum Gasteiger partial charge on any atom is -0.464 e. The van der Waals surface area contributed by atoms with E-state index in [1.807, 2.05) is 6.92 Å². The van der Waals surface area contributed by atoms with Crippen molar-refractivity contribution in [1.82, 2.24) is 10.4 Å². The lowest BCUT2D eigenvalue weighted by molar-refractivity contribution is 0.125. The summed E-state index contributed by atoms with van der Waals surface area (Å²) in [5.74, 6) is 0. The van der Waals surface area contributed by atoms with E-state index in [1.165, 1.54) is 0 Å². The predicted octanol–water partition coefficient (Wildman–Crippen LogP) is 0.511. The number of carbonyl (C=O) groups is 1. The number of nitrogens with zero attached hydrogens (tertiary/aromatic N) is 1. The molecule has 4 heteroatoms. The Kier molecular flexibility index (Phi) is 3.79. The number of hydrogen-bond donors (Lipinski definition) is 2. The maximum Gasteiger partial charge on any atom is 0.421 e. The number of hydrogen-bond acceptors (Lipinski definition) is 2. The van der Waals surface area contributed by atoms with Gasteiger partial charge in [-0.3, -0.25) is 0 Å². The zero-order valence-corrected chi connectivity index (χ0v) is 5.72. The van der Waals surface area contributed by atoms with E-state index in [-0.39, 0.29) is 0 Å². The van der Waals surface area contributed by atoms with Gasteiger partial charge in [-0.2, -0.15) is 0 Å². The molecular weight excluding hydrogens is 120 g/mol. The quantitative estimate of drug-likeness (QED) is 0.550. The Labute approximate surface area is 54.4 Å². The Morgan fingerprint density at radius 3 is 2.33 bits per heavy atom. The smallest absolute Gasteiger partial charge is 0.421 e. The van der Waals surface area contributed by atoms with Gasteiger partial charge in [0.2, 0.25) is 0 Å². The van der Waals surface area contributed by atoms with Crippen molar-refractivity contribution in [3.8, 4) is 0 Å². The van der Waals surface area contributed by atoms with Gasteiger partial charge >= 0.3 is 6.09 Å². The van der Waals surface area contributed by atoms with E-state index in [0.29, 0.717) is 13.1 Å². The summed E-state index contributed by atoms with van der Waals surface area (Å²) in [5.41, 5.74) is 2.67. The SMILES string of the molecule is CCNN(CC)C(=O)O. The summed E-state index contributed by atoms with van der Waals surface area (Å²) in [4.78, 5) is 10.2.